The van der Waals surface area contributed by atoms with Crippen molar-refractivity contribution in [3.8, 4) is 0 Å². The van der Waals surface area contributed by atoms with E-state index in [0.717, 1.165) is 17.4 Å². The summed E-state index contributed by atoms with van der Waals surface area (Å²) in [4.78, 5) is 32.3. The van der Waals surface area contributed by atoms with Crippen molar-refractivity contribution < 1.29 is 9.18 Å². The van der Waals surface area contributed by atoms with E-state index in [-0.39, 0.29) is 28.9 Å². The highest BCUT2D eigenvalue weighted by Gasteiger charge is 2.31. The van der Waals surface area contributed by atoms with Crippen molar-refractivity contribution in [3.63, 3.8) is 0 Å². The molecule has 0 saturated carbocycles. The minimum absolute atomic E-state index is 0.0745. The number of aromatic nitrogens is 2. The van der Waals surface area contributed by atoms with E-state index in [0.29, 0.717) is 24.3 Å². The fraction of sp³-hybridized carbons (Fsp3) is 0.286. The highest BCUT2D eigenvalue weighted by atomic mass is 19.1. The van der Waals surface area contributed by atoms with E-state index in [4.69, 9.17) is 0 Å². The normalized spacial score (nSPS) is 16.4. The number of halogens is 1. The van der Waals surface area contributed by atoms with E-state index < -0.39 is 0 Å². The largest absolute Gasteiger partial charge is 0.305 e. The van der Waals surface area contributed by atoms with Crippen LogP contribution in [0.5, 0.6) is 0 Å². The maximum atomic E-state index is 13.6. The molecule has 1 atom stereocenters. The molecule has 0 unspecified atom stereocenters. The number of hydrogen-bond donors (Lipinski definition) is 0. The van der Waals surface area contributed by atoms with E-state index in [1.807, 2.05) is 19.9 Å². The molecule has 0 spiro atoms. The van der Waals surface area contributed by atoms with Crippen molar-refractivity contribution in [2.24, 2.45) is 0 Å². The Kier molecular flexibility index (Phi) is 4.26. The molecule has 1 aromatic carbocycles. The van der Waals surface area contributed by atoms with Gasteiger partial charge in [-0.05, 0) is 68.7 Å². The van der Waals surface area contributed by atoms with Crippen LogP contribution in [0.2, 0.25) is 0 Å². The maximum Gasteiger partial charge on any atom is 0.265 e. The fourth-order valence-electron chi connectivity index (χ4n) is 3.81. The summed E-state index contributed by atoms with van der Waals surface area (Å²) in [6, 6.07) is 9.61. The Morgan fingerprint density at radius 1 is 1.30 bits per heavy atom. The number of carbonyl (C=O) groups is 1. The fourth-order valence-corrected chi connectivity index (χ4v) is 3.81. The van der Waals surface area contributed by atoms with Crippen molar-refractivity contribution >= 4 is 22.6 Å². The van der Waals surface area contributed by atoms with Crippen LogP contribution in [0, 0.1) is 5.82 Å². The molecule has 0 radical (unpaired) electrons. The topological polar surface area (TPSA) is 55.2 Å². The van der Waals surface area contributed by atoms with Crippen molar-refractivity contribution in [3.05, 3.63) is 69.9 Å². The van der Waals surface area contributed by atoms with Gasteiger partial charge in [0.15, 0.2) is 0 Å². The number of fused-ring (bicyclic) bond motifs is 2. The number of hydrogen-bond acceptors (Lipinski definition) is 3. The van der Waals surface area contributed by atoms with Gasteiger partial charge >= 0.3 is 0 Å². The zero-order valence-corrected chi connectivity index (χ0v) is 15.3. The zero-order valence-electron chi connectivity index (χ0n) is 15.3. The molecule has 0 N–H and O–H groups in total. The van der Waals surface area contributed by atoms with Crippen LogP contribution in [0.1, 0.15) is 36.2 Å². The van der Waals surface area contributed by atoms with Crippen LogP contribution in [0.3, 0.4) is 0 Å². The molecule has 3 aromatic rings. The van der Waals surface area contributed by atoms with Gasteiger partial charge in [-0.1, -0.05) is 0 Å². The van der Waals surface area contributed by atoms with Crippen molar-refractivity contribution in [2.75, 3.05) is 4.90 Å². The third-order valence-corrected chi connectivity index (χ3v) is 5.19. The number of anilines is 1. The molecule has 1 aliphatic rings. The van der Waals surface area contributed by atoms with Crippen molar-refractivity contribution in [2.45, 2.75) is 39.3 Å². The van der Waals surface area contributed by atoms with E-state index >= 15 is 0 Å². The van der Waals surface area contributed by atoms with Crippen LogP contribution < -0.4 is 10.5 Å². The van der Waals surface area contributed by atoms with Gasteiger partial charge in [0.1, 0.15) is 17.0 Å². The van der Waals surface area contributed by atoms with E-state index in [1.165, 1.54) is 16.7 Å². The monoisotopic (exact) mass is 365 g/mol. The predicted molar refractivity (Wildman–Crippen MR) is 103 cm³/mol. The number of carbonyl (C=O) groups excluding carboxylic acids is 1. The van der Waals surface area contributed by atoms with Crippen LogP contribution in [0.4, 0.5) is 10.1 Å². The van der Waals surface area contributed by atoms with Gasteiger partial charge < -0.3 is 4.90 Å². The number of aryl methyl sites for hydroxylation is 2. The lowest BCUT2D eigenvalue weighted by atomic mass is 9.95. The van der Waals surface area contributed by atoms with Gasteiger partial charge in [0.25, 0.3) is 11.5 Å². The van der Waals surface area contributed by atoms with Crippen molar-refractivity contribution in [1.29, 1.82) is 0 Å². The molecule has 138 valence electrons. The molecular weight excluding hydrogens is 345 g/mol. The summed E-state index contributed by atoms with van der Waals surface area (Å²) in [5, 5.41) is 0.742. The van der Waals surface area contributed by atoms with E-state index in [9.17, 15) is 14.0 Å². The zero-order chi connectivity index (χ0) is 19.1. The molecule has 0 bridgehead atoms. The molecular formula is C21H20FN3O2. The van der Waals surface area contributed by atoms with Crippen LogP contribution in [0.15, 0.2) is 47.4 Å². The number of rotatable bonds is 2. The van der Waals surface area contributed by atoms with Gasteiger partial charge in [0.05, 0.1) is 0 Å². The van der Waals surface area contributed by atoms with Gasteiger partial charge in [-0.3, -0.25) is 14.2 Å². The molecule has 27 heavy (non-hydrogen) atoms. The number of pyridine rings is 2. The quantitative estimate of drug-likeness (QED) is 0.698. The molecule has 1 aliphatic heterocycles. The van der Waals surface area contributed by atoms with Crippen molar-refractivity contribution in [1.82, 2.24) is 9.55 Å². The Morgan fingerprint density at radius 3 is 2.89 bits per heavy atom. The Labute approximate surface area is 156 Å². The van der Waals surface area contributed by atoms with Crippen LogP contribution in [-0.4, -0.2) is 21.5 Å². The van der Waals surface area contributed by atoms with E-state index in [2.05, 4.69) is 4.98 Å². The third kappa shape index (κ3) is 2.81. The SMILES string of the molecule is CCn1c(=O)c(C(=O)N2c3ccc(F)cc3CC[C@H]2C)cc2cccnc21. The standard InChI is InChI=1S/C21H20FN3O2/c1-3-24-19-15(5-4-10-23-19)12-17(20(24)26)21(27)25-13(2)6-7-14-11-16(22)8-9-18(14)25/h4-5,8-13H,3,6-7H2,1-2H3/t13-/m1/s1. The predicted octanol–water partition coefficient (Wildman–Crippen LogP) is 3.54. The molecule has 1 amide bonds. The first-order valence-electron chi connectivity index (χ1n) is 9.11. The molecule has 5 nitrogen and oxygen atoms in total. The lowest BCUT2D eigenvalue weighted by Crippen LogP contribution is -2.44. The molecule has 2 aromatic heterocycles. The average molecular weight is 365 g/mol. The van der Waals surface area contributed by atoms with Gasteiger partial charge in [-0.2, -0.15) is 0 Å². The first-order chi connectivity index (χ1) is 13.0. The summed E-state index contributed by atoms with van der Waals surface area (Å²) in [7, 11) is 0. The maximum absolute atomic E-state index is 13.6. The molecule has 4 rings (SSSR count). The van der Waals surface area contributed by atoms with Gasteiger partial charge in [0, 0.05) is 29.9 Å². The minimum atomic E-state index is -0.354. The third-order valence-electron chi connectivity index (χ3n) is 5.19. The molecule has 0 saturated heterocycles. The van der Waals surface area contributed by atoms with Gasteiger partial charge in [0.2, 0.25) is 0 Å². The first kappa shape index (κ1) is 17.4. The molecule has 6 heteroatoms. The molecule has 3 heterocycles. The van der Waals surface area contributed by atoms with Crippen LogP contribution in [-0.2, 0) is 13.0 Å². The lowest BCUT2D eigenvalue weighted by Gasteiger charge is -2.35. The summed E-state index contributed by atoms with van der Waals surface area (Å²) < 4.78 is 15.1. The Balaban J connectivity index is 1.89. The average Bonchev–Trinajstić information content (AvgIpc) is 2.67. The second-order valence-electron chi connectivity index (χ2n) is 6.86. The Bertz CT molecular complexity index is 1110. The lowest BCUT2D eigenvalue weighted by molar-refractivity contribution is 0.0973. The summed E-state index contributed by atoms with van der Waals surface area (Å²) in [6.07, 6.45) is 3.06. The minimum Gasteiger partial charge on any atom is -0.305 e. The first-order valence-corrected chi connectivity index (χ1v) is 9.11. The highest BCUT2D eigenvalue weighted by Crippen LogP contribution is 2.32. The van der Waals surface area contributed by atoms with E-state index in [1.54, 1.807) is 29.3 Å². The highest BCUT2D eigenvalue weighted by molar-refractivity contribution is 6.08. The number of amides is 1. The number of benzene rings is 1. The summed E-state index contributed by atoms with van der Waals surface area (Å²) in [6.45, 7) is 4.22. The molecule has 0 aliphatic carbocycles. The smallest absolute Gasteiger partial charge is 0.265 e. The second-order valence-corrected chi connectivity index (χ2v) is 6.86. The van der Waals surface area contributed by atoms with Gasteiger partial charge in [-0.25, -0.2) is 9.37 Å². The van der Waals surface area contributed by atoms with Crippen LogP contribution in [0.25, 0.3) is 11.0 Å². The number of nitrogens with zero attached hydrogens (tertiary/aromatic N) is 3. The van der Waals surface area contributed by atoms with Gasteiger partial charge in [-0.15, -0.1) is 0 Å². The summed E-state index contributed by atoms with van der Waals surface area (Å²) >= 11 is 0. The summed E-state index contributed by atoms with van der Waals surface area (Å²) in [5.41, 5.74) is 1.79. The summed E-state index contributed by atoms with van der Waals surface area (Å²) in [5.74, 6) is -0.672. The Morgan fingerprint density at radius 2 is 2.11 bits per heavy atom. The van der Waals surface area contributed by atoms with Crippen LogP contribution >= 0.6 is 0 Å². The molecule has 0 fully saturated rings. The second kappa shape index (κ2) is 6.61. The Hall–Kier alpha value is -3.02.